The van der Waals surface area contributed by atoms with Crippen molar-refractivity contribution in [1.82, 2.24) is 20.5 Å². The lowest BCUT2D eigenvalue weighted by atomic mass is 9.94. The summed E-state index contributed by atoms with van der Waals surface area (Å²) in [6.07, 6.45) is 6.73. The number of allylic oxidation sites excluding steroid dienone is 1. The number of aromatic nitrogens is 1. The van der Waals surface area contributed by atoms with Gasteiger partial charge in [0.1, 0.15) is 11.9 Å². The first-order valence-electron chi connectivity index (χ1n) is 18.9. The molecule has 1 saturated heterocycles. The minimum absolute atomic E-state index is 0.120. The Morgan fingerprint density at radius 1 is 1.09 bits per heavy atom. The van der Waals surface area contributed by atoms with Gasteiger partial charge < -0.3 is 30.5 Å². The van der Waals surface area contributed by atoms with Gasteiger partial charge in [-0.05, 0) is 63.9 Å². The Morgan fingerprint density at radius 2 is 1.79 bits per heavy atom. The molecule has 0 spiro atoms. The topological polar surface area (TPSA) is 208 Å². The van der Waals surface area contributed by atoms with Gasteiger partial charge in [-0.25, -0.2) is 13.6 Å². The molecule has 1 fully saturated rings. The van der Waals surface area contributed by atoms with Gasteiger partial charge in [0.2, 0.25) is 5.91 Å². The Hall–Kier alpha value is -6.32. The van der Waals surface area contributed by atoms with Crippen molar-refractivity contribution in [3.05, 3.63) is 115 Å². The summed E-state index contributed by atoms with van der Waals surface area (Å²) >= 11 is 0. The van der Waals surface area contributed by atoms with Gasteiger partial charge in [0.15, 0.2) is 0 Å². The summed E-state index contributed by atoms with van der Waals surface area (Å²) in [5.74, 6) is -4.73. The lowest BCUT2D eigenvalue weighted by molar-refractivity contribution is -0.385. The molecule has 0 saturated carbocycles. The van der Waals surface area contributed by atoms with Gasteiger partial charge >= 0.3 is 5.63 Å². The molecule has 1 aliphatic heterocycles. The standard InChI is InChI=1S/C21H21N3O5.C17H17F2N3O3.2C2H6/c1-12-4-5-14(9-17(12)24(27)28)19(25)23-21(2,3)11-15-8-13-6-7-16(22)10-18(13)29-20(15)26;18-17(19)7-11(9-23)22(10-17)15(24)8-21-16(25)13-5-6-20-14-4-2-1-3-12(13)14;2*1-2/h4-10H,11,22H2,1-3H3,(H,23,25);1,3,5-6,9,11H,2,4,7-8,10H2,(H,21,25);2*1-2H3. The first kappa shape index (κ1) is 46.1. The quantitative estimate of drug-likeness (QED) is 0.0543. The number of alkyl halides is 2. The van der Waals surface area contributed by atoms with Crippen LogP contribution in [0.25, 0.3) is 17.0 Å². The molecule has 1 unspecified atom stereocenters. The third kappa shape index (κ3) is 11.8. The van der Waals surface area contributed by atoms with E-state index in [9.17, 15) is 42.9 Å². The van der Waals surface area contributed by atoms with E-state index in [2.05, 4.69) is 15.6 Å². The molecule has 3 amide bonds. The molecule has 2 aromatic heterocycles. The van der Waals surface area contributed by atoms with Crippen LogP contribution in [0, 0.1) is 17.0 Å². The SMILES string of the molecule is CC.CC.Cc1ccc(C(=O)NC(C)(C)Cc2cc3ccc(N)cc3oc2=O)cc1[N+](=O)[O-].O=CC1CC(F)(F)CN1C(=O)CNC(=O)c1ccnc2c1C=CCC2. The zero-order valence-corrected chi connectivity index (χ0v) is 33.7. The second-order valence-electron chi connectivity index (χ2n) is 13.8. The number of fused-ring (bicyclic) bond motifs is 2. The molecular weight excluding hydrogens is 754 g/mol. The number of benzene rings is 2. The van der Waals surface area contributed by atoms with Crippen molar-refractivity contribution >= 4 is 52.4 Å². The second kappa shape index (κ2) is 20.2. The van der Waals surface area contributed by atoms with E-state index in [0.29, 0.717) is 39.8 Å². The number of carbonyl (C=O) groups is 4. The van der Waals surface area contributed by atoms with E-state index in [1.54, 1.807) is 51.1 Å². The molecule has 6 rings (SSSR count). The summed E-state index contributed by atoms with van der Waals surface area (Å²) in [5, 5.41) is 17.1. The van der Waals surface area contributed by atoms with Crippen LogP contribution in [-0.4, -0.2) is 69.4 Å². The van der Waals surface area contributed by atoms with Crippen molar-refractivity contribution in [2.45, 2.75) is 91.7 Å². The van der Waals surface area contributed by atoms with E-state index in [4.69, 9.17) is 10.2 Å². The fourth-order valence-electron chi connectivity index (χ4n) is 6.26. The number of nitro benzene ring substituents is 1. The number of pyridine rings is 1. The van der Waals surface area contributed by atoms with Crippen LogP contribution in [0.15, 0.2) is 70.0 Å². The van der Waals surface area contributed by atoms with Crippen LogP contribution >= 0.6 is 0 Å². The van der Waals surface area contributed by atoms with Crippen LogP contribution < -0.4 is 22.0 Å². The molecule has 2 aliphatic rings. The molecule has 310 valence electrons. The molecule has 14 nitrogen and oxygen atoms in total. The normalized spacial score (nSPS) is 14.9. The van der Waals surface area contributed by atoms with Crippen molar-refractivity contribution in [2.75, 3.05) is 18.8 Å². The van der Waals surface area contributed by atoms with Crippen LogP contribution in [0.5, 0.6) is 0 Å². The largest absolute Gasteiger partial charge is 0.422 e. The zero-order valence-electron chi connectivity index (χ0n) is 33.7. The zero-order chi connectivity index (χ0) is 43.4. The summed E-state index contributed by atoms with van der Waals surface area (Å²) in [6.45, 7) is 11.9. The molecule has 58 heavy (non-hydrogen) atoms. The van der Waals surface area contributed by atoms with Crippen molar-refractivity contribution in [3.63, 3.8) is 0 Å². The Balaban J connectivity index is 0.000000288. The Bertz CT molecular complexity index is 2240. The number of halogens is 2. The van der Waals surface area contributed by atoms with Gasteiger partial charge in [-0.15, -0.1) is 0 Å². The highest BCUT2D eigenvalue weighted by atomic mass is 19.3. The second-order valence-corrected chi connectivity index (χ2v) is 13.8. The first-order chi connectivity index (χ1) is 27.5. The number of aldehydes is 1. The van der Waals surface area contributed by atoms with Crippen LogP contribution in [0.3, 0.4) is 0 Å². The monoisotopic (exact) mass is 804 g/mol. The third-order valence-electron chi connectivity index (χ3n) is 8.92. The van der Waals surface area contributed by atoms with Crippen LogP contribution in [0.4, 0.5) is 20.2 Å². The Labute approximate surface area is 335 Å². The fourth-order valence-corrected chi connectivity index (χ4v) is 6.26. The number of hydrogen-bond acceptors (Lipinski definition) is 10. The molecule has 0 bridgehead atoms. The number of aryl methyl sites for hydroxylation is 2. The molecule has 4 aromatic rings. The van der Waals surface area contributed by atoms with E-state index in [1.807, 2.05) is 39.8 Å². The lowest BCUT2D eigenvalue weighted by Crippen LogP contribution is -2.45. The average molecular weight is 805 g/mol. The molecule has 1 atom stereocenters. The Morgan fingerprint density at radius 3 is 2.47 bits per heavy atom. The number of rotatable bonds is 9. The van der Waals surface area contributed by atoms with Gasteiger partial charge in [0.25, 0.3) is 23.4 Å². The summed E-state index contributed by atoms with van der Waals surface area (Å²) in [4.78, 5) is 76.0. The van der Waals surface area contributed by atoms with Crippen molar-refractivity contribution in [2.24, 2.45) is 0 Å². The summed E-state index contributed by atoms with van der Waals surface area (Å²) in [5.41, 5.74) is 8.13. The Kier molecular flexibility index (Phi) is 16.0. The number of nitrogen functional groups attached to an aromatic ring is 1. The van der Waals surface area contributed by atoms with Crippen LogP contribution in [0.1, 0.15) is 97.5 Å². The van der Waals surface area contributed by atoms with Gasteiger partial charge in [0, 0.05) is 81.3 Å². The molecule has 16 heteroatoms. The molecule has 3 heterocycles. The van der Waals surface area contributed by atoms with E-state index in [-0.39, 0.29) is 17.7 Å². The highest BCUT2D eigenvalue weighted by molar-refractivity contribution is 6.00. The number of anilines is 1. The number of nitro groups is 1. The summed E-state index contributed by atoms with van der Waals surface area (Å²) < 4.78 is 32.1. The minimum Gasteiger partial charge on any atom is -0.422 e. The van der Waals surface area contributed by atoms with Crippen LogP contribution in [-0.2, 0) is 22.4 Å². The number of nitrogens with zero attached hydrogens (tertiary/aromatic N) is 3. The average Bonchev–Trinajstić information content (AvgIpc) is 3.52. The van der Waals surface area contributed by atoms with Crippen LogP contribution in [0.2, 0.25) is 0 Å². The molecular formula is C42H50F2N6O8. The van der Waals surface area contributed by atoms with E-state index in [1.165, 1.54) is 24.4 Å². The summed E-state index contributed by atoms with van der Waals surface area (Å²) in [6, 6.07) is 11.5. The number of nitrogens with one attached hydrogen (secondary N) is 2. The maximum absolute atomic E-state index is 13.4. The smallest absolute Gasteiger partial charge is 0.339 e. The van der Waals surface area contributed by atoms with Gasteiger partial charge in [-0.2, -0.15) is 0 Å². The number of hydrogen-bond donors (Lipinski definition) is 3. The predicted molar refractivity (Wildman–Crippen MR) is 218 cm³/mol. The predicted octanol–water partition coefficient (Wildman–Crippen LogP) is 6.60. The third-order valence-corrected chi connectivity index (χ3v) is 8.92. The number of nitrogens with two attached hydrogens (primary N) is 1. The lowest BCUT2D eigenvalue weighted by Gasteiger charge is -2.26. The maximum atomic E-state index is 13.4. The number of carbonyl (C=O) groups excluding carboxylic acids is 4. The van der Waals surface area contributed by atoms with Gasteiger partial charge in [0.05, 0.1) is 24.1 Å². The molecule has 0 radical (unpaired) electrons. The first-order valence-corrected chi connectivity index (χ1v) is 18.9. The molecule has 1 aliphatic carbocycles. The fraction of sp³-hybridized carbons (Fsp3) is 0.381. The minimum atomic E-state index is -3.08. The highest BCUT2D eigenvalue weighted by Crippen LogP contribution is 2.31. The maximum Gasteiger partial charge on any atom is 0.339 e. The van der Waals surface area contributed by atoms with E-state index >= 15 is 0 Å². The van der Waals surface area contributed by atoms with E-state index < -0.39 is 65.3 Å². The van der Waals surface area contributed by atoms with Crippen molar-refractivity contribution in [3.8, 4) is 0 Å². The van der Waals surface area contributed by atoms with Crippen molar-refractivity contribution < 1.29 is 37.3 Å². The van der Waals surface area contributed by atoms with Gasteiger partial charge in [-0.3, -0.25) is 29.5 Å². The molecule has 4 N–H and O–H groups in total. The number of amides is 3. The van der Waals surface area contributed by atoms with Gasteiger partial charge in [-0.1, -0.05) is 45.9 Å². The summed E-state index contributed by atoms with van der Waals surface area (Å²) in [7, 11) is 0. The molecule has 2 aromatic carbocycles. The van der Waals surface area contributed by atoms with E-state index in [0.717, 1.165) is 28.8 Å². The highest BCUT2D eigenvalue weighted by Gasteiger charge is 2.46. The van der Waals surface area contributed by atoms with Crippen molar-refractivity contribution in [1.29, 1.82) is 0 Å². The number of likely N-dealkylation sites (tertiary alicyclic amines) is 1.